The van der Waals surface area contributed by atoms with E-state index in [1.54, 1.807) is 7.11 Å². The molecule has 0 heterocycles. The second-order valence-electron chi connectivity index (χ2n) is 3.67. The quantitative estimate of drug-likeness (QED) is 0.555. The highest BCUT2D eigenvalue weighted by atomic mass is 16.5. The predicted octanol–water partition coefficient (Wildman–Crippen LogP) is 2.76. The molecular formula is C14H21NO2. The lowest BCUT2D eigenvalue weighted by Crippen LogP contribution is -2.14. The van der Waals surface area contributed by atoms with Crippen molar-refractivity contribution in [2.24, 2.45) is 0 Å². The Balaban J connectivity index is 2.60. The minimum absolute atomic E-state index is 0.643. The van der Waals surface area contributed by atoms with Crippen molar-refractivity contribution in [3.63, 3.8) is 0 Å². The van der Waals surface area contributed by atoms with Gasteiger partial charge in [-0.3, -0.25) is 0 Å². The third kappa shape index (κ3) is 4.49. The van der Waals surface area contributed by atoms with Gasteiger partial charge in [0, 0.05) is 6.54 Å². The molecule has 3 heteroatoms. The fourth-order valence-electron chi connectivity index (χ4n) is 1.54. The molecular weight excluding hydrogens is 214 g/mol. The van der Waals surface area contributed by atoms with Crippen LogP contribution in [-0.2, 0) is 6.54 Å². The highest BCUT2D eigenvalue weighted by Gasteiger charge is 2.04. The lowest BCUT2D eigenvalue weighted by Gasteiger charge is -2.11. The monoisotopic (exact) mass is 235 g/mol. The van der Waals surface area contributed by atoms with Crippen LogP contribution in [0.4, 0.5) is 0 Å². The Hall–Kier alpha value is -1.48. The first-order valence-corrected chi connectivity index (χ1v) is 5.93. The van der Waals surface area contributed by atoms with Gasteiger partial charge in [-0.1, -0.05) is 12.1 Å². The summed E-state index contributed by atoms with van der Waals surface area (Å²) in [4.78, 5) is 0. The standard InChI is InChI=1S/C14H21NO2/c1-4-6-9-15-11-12-7-8-13(16-3)14(10-12)17-5-2/h4,7-8,10,15H,1,5-6,9,11H2,2-3H3. The Morgan fingerprint density at radius 2 is 2.18 bits per heavy atom. The van der Waals surface area contributed by atoms with Gasteiger partial charge in [0.25, 0.3) is 0 Å². The van der Waals surface area contributed by atoms with Crippen LogP contribution in [0, 0.1) is 0 Å². The van der Waals surface area contributed by atoms with E-state index in [0.717, 1.165) is 31.0 Å². The first-order valence-electron chi connectivity index (χ1n) is 5.93. The third-order valence-electron chi connectivity index (χ3n) is 2.38. The van der Waals surface area contributed by atoms with Crippen LogP contribution < -0.4 is 14.8 Å². The molecule has 1 N–H and O–H groups in total. The number of ether oxygens (including phenoxy) is 2. The van der Waals surface area contributed by atoms with Gasteiger partial charge in [0.1, 0.15) is 0 Å². The largest absolute Gasteiger partial charge is 0.493 e. The molecule has 0 spiro atoms. The summed E-state index contributed by atoms with van der Waals surface area (Å²) in [6.07, 6.45) is 2.89. The van der Waals surface area contributed by atoms with Gasteiger partial charge in [-0.15, -0.1) is 6.58 Å². The molecule has 1 rings (SSSR count). The number of hydrogen-bond donors (Lipinski definition) is 1. The SMILES string of the molecule is C=CCCNCc1ccc(OC)c(OCC)c1. The van der Waals surface area contributed by atoms with Gasteiger partial charge in [-0.2, -0.15) is 0 Å². The van der Waals surface area contributed by atoms with Crippen LogP contribution in [0.5, 0.6) is 11.5 Å². The predicted molar refractivity (Wildman–Crippen MR) is 70.7 cm³/mol. The van der Waals surface area contributed by atoms with Gasteiger partial charge in [0.05, 0.1) is 13.7 Å². The maximum atomic E-state index is 5.53. The molecule has 0 bridgehead atoms. The number of methoxy groups -OCH3 is 1. The summed E-state index contributed by atoms with van der Waals surface area (Å²) in [5.41, 5.74) is 1.19. The van der Waals surface area contributed by atoms with E-state index >= 15 is 0 Å². The molecule has 1 aromatic carbocycles. The number of benzene rings is 1. The first kappa shape index (κ1) is 13.6. The van der Waals surface area contributed by atoms with E-state index < -0.39 is 0 Å². The Morgan fingerprint density at radius 1 is 1.35 bits per heavy atom. The van der Waals surface area contributed by atoms with Gasteiger partial charge < -0.3 is 14.8 Å². The molecule has 0 unspecified atom stereocenters. The van der Waals surface area contributed by atoms with Crippen LogP contribution >= 0.6 is 0 Å². The molecule has 0 aliphatic heterocycles. The van der Waals surface area contributed by atoms with Gasteiger partial charge in [-0.25, -0.2) is 0 Å². The summed E-state index contributed by atoms with van der Waals surface area (Å²) < 4.78 is 10.8. The fourth-order valence-corrected chi connectivity index (χ4v) is 1.54. The van der Waals surface area contributed by atoms with Crippen LogP contribution in [-0.4, -0.2) is 20.3 Å². The highest BCUT2D eigenvalue weighted by Crippen LogP contribution is 2.27. The highest BCUT2D eigenvalue weighted by molar-refractivity contribution is 5.42. The van der Waals surface area contributed by atoms with E-state index in [1.165, 1.54) is 5.56 Å². The smallest absolute Gasteiger partial charge is 0.161 e. The molecule has 0 saturated heterocycles. The molecule has 0 amide bonds. The second kappa shape index (κ2) is 7.74. The van der Waals surface area contributed by atoms with E-state index in [-0.39, 0.29) is 0 Å². The van der Waals surface area contributed by atoms with Crippen LogP contribution in [0.1, 0.15) is 18.9 Å². The minimum Gasteiger partial charge on any atom is -0.493 e. The van der Waals surface area contributed by atoms with Crippen molar-refractivity contribution in [1.82, 2.24) is 5.32 Å². The fraction of sp³-hybridized carbons (Fsp3) is 0.429. The topological polar surface area (TPSA) is 30.5 Å². The first-order chi connectivity index (χ1) is 8.31. The second-order valence-corrected chi connectivity index (χ2v) is 3.67. The molecule has 0 fully saturated rings. The van der Waals surface area contributed by atoms with Crippen LogP contribution in [0.2, 0.25) is 0 Å². The number of rotatable bonds is 8. The van der Waals surface area contributed by atoms with Crippen LogP contribution in [0.15, 0.2) is 30.9 Å². The lowest BCUT2D eigenvalue weighted by atomic mass is 10.2. The summed E-state index contributed by atoms with van der Waals surface area (Å²) in [6, 6.07) is 6.00. The average molecular weight is 235 g/mol. The summed E-state index contributed by atoms with van der Waals surface area (Å²) in [5, 5.41) is 3.34. The van der Waals surface area contributed by atoms with Crippen molar-refractivity contribution in [2.45, 2.75) is 19.9 Å². The molecule has 0 radical (unpaired) electrons. The van der Waals surface area contributed by atoms with Gasteiger partial charge in [0.2, 0.25) is 0 Å². The molecule has 1 aromatic rings. The zero-order valence-electron chi connectivity index (χ0n) is 10.7. The van der Waals surface area contributed by atoms with Crippen LogP contribution in [0.25, 0.3) is 0 Å². The van der Waals surface area contributed by atoms with Crippen molar-refractivity contribution in [3.05, 3.63) is 36.4 Å². The van der Waals surface area contributed by atoms with E-state index in [0.29, 0.717) is 6.61 Å². The van der Waals surface area contributed by atoms with Gasteiger partial charge >= 0.3 is 0 Å². The van der Waals surface area contributed by atoms with Gasteiger partial charge in [-0.05, 0) is 37.6 Å². The summed E-state index contributed by atoms with van der Waals surface area (Å²) >= 11 is 0. The van der Waals surface area contributed by atoms with E-state index in [1.807, 2.05) is 31.2 Å². The Morgan fingerprint density at radius 3 is 2.82 bits per heavy atom. The lowest BCUT2D eigenvalue weighted by molar-refractivity contribution is 0.310. The molecule has 3 nitrogen and oxygen atoms in total. The molecule has 0 aliphatic carbocycles. The normalized spacial score (nSPS) is 10.0. The van der Waals surface area contributed by atoms with Crippen molar-refractivity contribution in [1.29, 1.82) is 0 Å². The molecule has 17 heavy (non-hydrogen) atoms. The van der Waals surface area contributed by atoms with Crippen LogP contribution in [0.3, 0.4) is 0 Å². The average Bonchev–Trinajstić information content (AvgIpc) is 2.35. The Bertz CT molecular complexity index is 350. The molecule has 0 saturated carbocycles. The zero-order chi connectivity index (χ0) is 12.5. The summed E-state index contributed by atoms with van der Waals surface area (Å²) in [7, 11) is 1.65. The number of hydrogen-bond acceptors (Lipinski definition) is 3. The van der Waals surface area contributed by atoms with Gasteiger partial charge in [0.15, 0.2) is 11.5 Å². The molecule has 94 valence electrons. The molecule has 0 atom stereocenters. The summed E-state index contributed by atoms with van der Waals surface area (Å²) in [6.45, 7) is 8.07. The Labute approximate surface area is 103 Å². The third-order valence-corrected chi connectivity index (χ3v) is 2.38. The Kier molecular flexibility index (Phi) is 6.18. The molecule has 0 aromatic heterocycles. The van der Waals surface area contributed by atoms with Crippen molar-refractivity contribution >= 4 is 0 Å². The van der Waals surface area contributed by atoms with E-state index in [4.69, 9.17) is 9.47 Å². The minimum atomic E-state index is 0.643. The van der Waals surface area contributed by atoms with E-state index in [2.05, 4.69) is 11.9 Å². The summed E-state index contributed by atoms with van der Waals surface area (Å²) in [5.74, 6) is 1.58. The maximum Gasteiger partial charge on any atom is 0.161 e. The van der Waals surface area contributed by atoms with Crippen molar-refractivity contribution in [3.8, 4) is 11.5 Å². The van der Waals surface area contributed by atoms with Crippen molar-refractivity contribution < 1.29 is 9.47 Å². The van der Waals surface area contributed by atoms with E-state index in [9.17, 15) is 0 Å². The number of nitrogens with one attached hydrogen (secondary N) is 1. The zero-order valence-corrected chi connectivity index (χ0v) is 10.7. The molecule has 0 aliphatic rings. The maximum absolute atomic E-state index is 5.53. The van der Waals surface area contributed by atoms with Crippen molar-refractivity contribution in [2.75, 3.05) is 20.3 Å².